The van der Waals surface area contributed by atoms with Gasteiger partial charge in [0.15, 0.2) is 0 Å². The number of nitrogens with zero attached hydrogens (tertiary/aromatic N) is 1. The van der Waals surface area contributed by atoms with Crippen molar-refractivity contribution in [3.8, 4) is 11.5 Å². The first-order chi connectivity index (χ1) is 8.31. The van der Waals surface area contributed by atoms with Gasteiger partial charge in [-0.1, -0.05) is 0 Å². The first-order valence-corrected chi connectivity index (χ1v) is 5.44. The second kappa shape index (κ2) is 5.39. The molecule has 0 aliphatic rings. The van der Waals surface area contributed by atoms with Crippen molar-refractivity contribution in [2.75, 3.05) is 14.2 Å². The minimum absolute atomic E-state index is 0.813. The van der Waals surface area contributed by atoms with E-state index in [0.29, 0.717) is 0 Å². The molecule has 4 heteroatoms. The van der Waals surface area contributed by atoms with Crippen molar-refractivity contribution in [1.29, 1.82) is 0 Å². The van der Waals surface area contributed by atoms with Crippen molar-refractivity contribution in [3.63, 3.8) is 0 Å². The lowest BCUT2D eigenvalue weighted by Gasteiger charge is -2.07. The van der Waals surface area contributed by atoms with Crippen molar-refractivity contribution in [2.45, 2.75) is 12.8 Å². The lowest BCUT2D eigenvalue weighted by atomic mass is 10.1. The first kappa shape index (κ1) is 11.5. The fraction of sp³-hybridized carbons (Fsp3) is 0.308. The highest BCUT2D eigenvalue weighted by Crippen LogP contribution is 2.23. The number of methoxy groups -OCH3 is 2. The second-order valence-corrected chi connectivity index (χ2v) is 3.72. The summed E-state index contributed by atoms with van der Waals surface area (Å²) in [4.78, 5) is 0. The van der Waals surface area contributed by atoms with Gasteiger partial charge in [0, 0.05) is 6.07 Å². The van der Waals surface area contributed by atoms with E-state index in [9.17, 15) is 0 Å². The average Bonchev–Trinajstić information content (AvgIpc) is 2.89. The molecule has 89 valence electrons. The Balaban J connectivity index is 2.09. The van der Waals surface area contributed by atoms with Gasteiger partial charge in [-0.05, 0) is 36.6 Å². The summed E-state index contributed by atoms with van der Waals surface area (Å²) >= 11 is 0. The predicted molar refractivity (Wildman–Crippen MR) is 64.4 cm³/mol. The van der Waals surface area contributed by atoms with Gasteiger partial charge < -0.3 is 9.47 Å². The standard InChI is InChI=1S/C13H15N2O2/c1-16-12-7-10(8-13(9-12)17-2)3-4-11-5-6-14-15-11/h5,7-9H,3-4H2,1-2H3,(H,14,15). The number of hydrogen-bond donors (Lipinski definition) is 1. The summed E-state index contributed by atoms with van der Waals surface area (Å²) in [6, 6.07) is 7.75. The van der Waals surface area contributed by atoms with Crippen LogP contribution in [0.15, 0.2) is 24.3 Å². The van der Waals surface area contributed by atoms with Gasteiger partial charge in [0.05, 0.1) is 26.1 Å². The number of nitrogens with one attached hydrogen (secondary N) is 1. The third kappa shape index (κ3) is 3.00. The number of aromatic nitrogens is 2. The van der Waals surface area contributed by atoms with Crippen LogP contribution in [-0.4, -0.2) is 24.4 Å². The molecule has 0 amide bonds. The van der Waals surface area contributed by atoms with E-state index in [4.69, 9.17) is 9.47 Å². The fourth-order valence-electron chi connectivity index (χ4n) is 1.66. The van der Waals surface area contributed by atoms with Crippen LogP contribution in [0.5, 0.6) is 11.5 Å². The summed E-state index contributed by atoms with van der Waals surface area (Å²) in [5.41, 5.74) is 2.18. The Labute approximate surface area is 101 Å². The highest BCUT2D eigenvalue weighted by Gasteiger charge is 2.03. The Morgan fingerprint density at radius 3 is 2.35 bits per heavy atom. The third-order valence-corrected chi connectivity index (χ3v) is 2.58. The molecule has 0 saturated carbocycles. The lowest BCUT2D eigenvalue weighted by molar-refractivity contribution is 0.393. The highest BCUT2D eigenvalue weighted by atomic mass is 16.5. The van der Waals surface area contributed by atoms with Gasteiger partial charge >= 0.3 is 0 Å². The summed E-state index contributed by atoms with van der Waals surface area (Å²) in [6.45, 7) is 0. The van der Waals surface area contributed by atoms with Gasteiger partial charge in [-0.25, -0.2) is 0 Å². The Bertz CT molecular complexity index is 444. The van der Waals surface area contributed by atoms with E-state index in [-0.39, 0.29) is 0 Å². The monoisotopic (exact) mass is 231 g/mol. The zero-order chi connectivity index (χ0) is 12.1. The van der Waals surface area contributed by atoms with Crippen molar-refractivity contribution in [3.05, 3.63) is 41.7 Å². The maximum absolute atomic E-state index is 5.23. The maximum atomic E-state index is 5.23. The summed E-state index contributed by atoms with van der Waals surface area (Å²) < 4.78 is 10.5. The number of ether oxygens (including phenoxy) is 2. The van der Waals surface area contributed by atoms with E-state index in [1.807, 2.05) is 24.3 Å². The Morgan fingerprint density at radius 2 is 1.82 bits per heavy atom. The third-order valence-electron chi connectivity index (χ3n) is 2.58. The zero-order valence-electron chi connectivity index (χ0n) is 9.99. The predicted octanol–water partition coefficient (Wildman–Crippen LogP) is 2.01. The number of aryl methyl sites for hydroxylation is 2. The molecule has 1 radical (unpaired) electrons. The van der Waals surface area contributed by atoms with Crippen LogP contribution in [0.3, 0.4) is 0 Å². The Morgan fingerprint density at radius 1 is 1.12 bits per heavy atom. The van der Waals surface area contributed by atoms with Crippen molar-refractivity contribution < 1.29 is 9.47 Å². The summed E-state index contributed by atoms with van der Waals surface area (Å²) in [7, 11) is 3.31. The van der Waals surface area contributed by atoms with Crippen molar-refractivity contribution in [1.82, 2.24) is 10.2 Å². The van der Waals surface area contributed by atoms with Gasteiger partial charge in [0.1, 0.15) is 11.5 Å². The molecule has 1 aromatic carbocycles. The summed E-state index contributed by atoms with van der Waals surface area (Å²) in [5.74, 6) is 1.63. The van der Waals surface area contributed by atoms with Crippen LogP contribution in [0, 0.1) is 6.20 Å². The maximum Gasteiger partial charge on any atom is 0.122 e. The number of hydrogen-bond acceptors (Lipinski definition) is 3. The molecule has 0 atom stereocenters. The molecule has 0 saturated heterocycles. The van der Waals surface area contributed by atoms with Gasteiger partial charge in [0.2, 0.25) is 0 Å². The molecule has 17 heavy (non-hydrogen) atoms. The SMILES string of the molecule is COc1cc(CCc2c[c][nH]n2)cc(OC)c1. The fourth-order valence-corrected chi connectivity index (χ4v) is 1.66. The molecule has 0 aliphatic heterocycles. The van der Waals surface area contributed by atoms with Crippen molar-refractivity contribution >= 4 is 0 Å². The van der Waals surface area contributed by atoms with Crippen LogP contribution in [0.25, 0.3) is 0 Å². The molecule has 0 spiro atoms. The molecule has 2 rings (SSSR count). The molecule has 1 aromatic heterocycles. The van der Waals surface area contributed by atoms with Crippen LogP contribution in [0.4, 0.5) is 0 Å². The molecule has 0 aliphatic carbocycles. The van der Waals surface area contributed by atoms with Gasteiger partial charge in [-0.15, -0.1) is 0 Å². The van der Waals surface area contributed by atoms with Crippen molar-refractivity contribution in [2.24, 2.45) is 0 Å². The molecule has 0 bridgehead atoms. The normalized spacial score (nSPS) is 10.2. The largest absolute Gasteiger partial charge is 0.497 e. The van der Waals surface area contributed by atoms with Crippen LogP contribution < -0.4 is 9.47 Å². The zero-order valence-corrected chi connectivity index (χ0v) is 9.99. The average molecular weight is 231 g/mol. The minimum atomic E-state index is 0.813. The molecular weight excluding hydrogens is 216 g/mol. The molecule has 0 fully saturated rings. The van der Waals surface area contributed by atoms with Gasteiger partial charge in [-0.2, -0.15) is 5.10 Å². The van der Waals surface area contributed by atoms with E-state index in [0.717, 1.165) is 30.0 Å². The number of benzene rings is 1. The smallest absolute Gasteiger partial charge is 0.122 e. The van der Waals surface area contributed by atoms with Gasteiger partial charge in [0.25, 0.3) is 0 Å². The van der Waals surface area contributed by atoms with E-state index in [1.54, 1.807) is 14.2 Å². The molecule has 2 aromatic rings. The summed E-state index contributed by atoms with van der Waals surface area (Å²) in [5, 5.41) is 6.76. The quantitative estimate of drug-likeness (QED) is 0.856. The van der Waals surface area contributed by atoms with E-state index in [1.165, 1.54) is 5.56 Å². The highest BCUT2D eigenvalue weighted by molar-refractivity contribution is 5.38. The Kier molecular flexibility index (Phi) is 3.65. The number of rotatable bonds is 5. The molecule has 1 heterocycles. The lowest BCUT2D eigenvalue weighted by Crippen LogP contribution is -1.95. The van der Waals surface area contributed by atoms with Crippen LogP contribution in [0.1, 0.15) is 11.3 Å². The number of aromatic amines is 1. The molecular formula is C13H15N2O2. The van der Waals surface area contributed by atoms with E-state index in [2.05, 4.69) is 16.4 Å². The molecule has 0 unspecified atom stereocenters. The van der Waals surface area contributed by atoms with Crippen LogP contribution in [-0.2, 0) is 12.8 Å². The van der Waals surface area contributed by atoms with E-state index < -0.39 is 0 Å². The Hall–Kier alpha value is -1.97. The minimum Gasteiger partial charge on any atom is -0.497 e. The number of H-pyrrole nitrogens is 1. The topological polar surface area (TPSA) is 47.1 Å². The molecule has 1 N–H and O–H groups in total. The van der Waals surface area contributed by atoms with E-state index >= 15 is 0 Å². The summed E-state index contributed by atoms with van der Waals surface area (Å²) in [6.07, 6.45) is 4.59. The molecule has 4 nitrogen and oxygen atoms in total. The second-order valence-electron chi connectivity index (χ2n) is 3.72. The van der Waals surface area contributed by atoms with Crippen LogP contribution in [0.2, 0.25) is 0 Å². The first-order valence-electron chi connectivity index (χ1n) is 5.44. The van der Waals surface area contributed by atoms with Gasteiger partial charge in [-0.3, -0.25) is 5.10 Å². The van der Waals surface area contributed by atoms with Crippen LogP contribution >= 0.6 is 0 Å².